The average Bonchev–Trinajstić information content (AvgIpc) is 2.84. The molecule has 0 fully saturated rings. The summed E-state index contributed by atoms with van der Waals surface area (Å²) in [4.78, 5) is 13.3. The third kappa shape index (κ3) is 2.79. The maximum Gasteiger partial charge on any atom is 0.295 e. The molecule has 0 aliphatic heterocycles. The number of amides is 1. The Hall–Kier alpha value is -1.95. The molecule has 1 heterocycles. The van der Waals surface area contributed by atoms with Gasteiger partial charge in [-0.1, -0.05) is 23.7 Å². The van der Waals surface area contributed by atoms with Gasteiger partial charge in [-0.3, -0.25) is 4.79 Å². The molecule has 0 aliphatic carbocycles. The van der Waals surface area contributed by atoms with E-state index in [4.69, 9.17) is 11.6 Å². The number of nitrogens with one attached hydrogen (secondary N) is 1. The first-order valence-electron chi connectivity index (χ1n) is 4.90. The van der Waals surface area contributed by atoms with Crippen LogP contribution >= 0.6 is 11.6 Å². The first-order chi connectivity index (χ1) is 8.16. The smallest absolute Gasteiger partial charge is 0.295 e. The van der Waals surface area contributed by atoms with Gasteiger partial charge < -0.3 is 4.90 Å². The summed E-state index contributed by atoms with van der Waals surface area (Å²) >= 11 is 5.78. The van der Waals surface area contributed by atoms with Crippen molar-refractivity contribution < 1.29 is 4.79 Å². The van der Waals surface area contributed by atoms with Crippen LogP contribution in [0.4, 0.5) is 0 Å². The van der Waals surface area contributed by atoms with Gasteiger partial charge in [-0.05, 0) is 22.9 Å². The molecule has 1 aromatic carbocycles. The van der Waals surface area contributed by atoms with Crippen molar-refractivity contribution in [2.24, 2.45) is 0 Å². The Bertz CT molecular complexity index is 496. The van der Waals surface area contributed by atoms with Gasteiger partial charge >= 0.3 is 0 Å². The predicted octanol–water partition coefficient (Wildman–Crippen LogP) is 1.13. The highest BCUT2D eigenvalue weighted by Crippen LogP contribution is 2.11. The summed E-state index contributed by atoms with van der Waals surface area (Å²) in [5.74, 6) is -0.227. The lowest BCUT2D eigenvalue weighted by atomic mass is 10.2. The summed E-state index contributed by atoms with van der Waals surface area (Å²) in [6, 6.07) is 7.29. The maximum absolute atomic E-state index is 11.8. The summed E-state index contributed by atoms with van der Waals surface area (Å²) in [5, 5.41) is 13.5. The van der Waals surface area contributed by atoms with E-state index in [2.05, 4.69) is 20.6 Å². The van der Waals surface area contributed by atoms with Crippen LogP contribution in [0.2, 0.25) is 5.02 Å². The van der Waals surface area contributed by atoms with Gasteiger partial charge in [0, 0.05) is 18.6 Å². The van der Waals surface area contributed by atoms with E-state index in [0.717, 1.165) is 5.56 Å². The van der Waals surface area contributed by atoms with Crippen molar-refractivity contribution in [2.75, 3.05) is 7.05 Å². The number of hydrogen-bond acceptors (Lipinski definition) is 4. The standard InChI is InChI=1S/C10H10ClN5O/c1-16(10(17)9-12-14-15-13-9)6-7-2-4-8(11)5-3-7/h2-5H,6H2,1H3,(H,12,13,14,15). The van der Waals surface area contributed by atoms with Crippen molar-refractivity contribution in [3.05, 3.63) is 40.7 Å². The van der Waals surface area contributed by atoms with Gasteiger partial charge in [0.05, 0.1) is 0 Å². The van der Waals surface area contributed by atoms with Gasteiger partial charge in [0.1, 0.15) is 0 Å². The fourth-order valence-electron chi connectivity index (χ4n) is 1.36. The molecule has 0 bridgehead atoms. The summed E-state index contributed by atoms with van der Waals surface area (Å²) in [6.45, 7) is 0.463. The number of carbonyl (C=O) groups excluding carboxylic acids is 1. The van der Waals surface area contributed by atoms with Gasteiger partial charge in [-0.15, -0.1) is 10.2 Å². The van der Waals surface area contributed by atoms with E-state index in [-0.39, 0.29) is 11.7 Å². The van der Waals surface area contributed by atoms with Crippen molar-refractivity contribution in [1.82, 2.24) is 25.5 Å². The van der Waals surface area contributed by atoms with Crippen molar-refractivity contribution in [3.63, 3.8) is 0 Å². The van der Waals surface area contributed by atoms with Gasteiger partial charge in [-0.2, -0.15) is 5.21 Å². The molecule has 1 N–H and O–H groups in total. The largest absolute Gasteiger partial charge is 0.335 e. The molecule has 0 aliphatic rings. The maximum atomic E-state index is 11.8. The van der Waals surface area contributed by atoms with Gasteiger partial charge in [0.25, 0.3) is 11.7 Å². The van der Waals surface area contributed by atoms with E-state index < -0.39 is 0 Å². The lowest BCUT2D eigenvalue weighted by molar-refractivity contribution is 0.0773. The highest BCUT2D eigenvalue weighted by molar-refractivity contribution is 6.30. The molecule has 0 spiro atoms. The number of aromatic amines is 1. The molecule has 0 atom stereocenters. The minimum Gasteiger partial charge on any atom is -0.335 e. The number of hydrogen-bond donors (Lipinski definition) is 1. The fourth-order valence-corrected chi connectivity index (χ4v) is 1.48. The molecule has 17 heavy (non-hydrogen) atoms. The molecular formula is C10H10ClN5O. The predicted molar refractivity (Wildman–Crippen MR) is 61.4 cm³/mol. The minimum absolute atomic E-state index is 0.0569. The van der Waals surface area contributed by atoms with Crippen LogP contribution in [0.5, 0.6) is 0 Å². The molecule has 88 valence electrons. The SMILES string of the molecule is CN(Cc1ccc(Cl)cc1)C(=O)c1nn[nH]n1. The zero-order valence-corrected chi connectivity index (χ0v) is 9.85. The Morgan fingerprint density at radius 2 is 2.12 bits per heavy atom. The number of halogens is 1. The van der Waals surface area contributed by atoms with Crippen LogP contribution in [0.15, 0.2) is 24.3 Å². The lowest BCUT2D eigenvalue weighted by Gasteiger charge is -2.14. The van der Waals surface area contributed by atoms with Gasteiger partial charge in [0.2, 0.25) is 0 Å². The molecular weight excluding hydrogens is 242 g/mol. The summed E-state index contributed by atoms with van der Waals surface area (Å²) in [7, 11) is 1.67. The Morgan fingerprint density at radius 3 is 2.71 bits per heavy atom. The third-order valence-corrected chi connectivity index (χ3v) is 2.47. The van der Waals surface area contributed by atoms with Crippen molar-refractivity contribution >= 4 is 17.5 Å². The molecule has 1 amide bonds. The number of rotatable bonds is 3. The third-order valence-electron chi connectivity index (χ3n) is 2.22. The quantitative estimate of drug-likeness (QED) is 0.887. The number of aromatic nitrogens is 4. The van der Waals surface area contributed by atoms with Crippen molar-refractivity contribution in [2.45, 2.75) is 6.54 Å². The second kappa shape index (κ2) is 4.92. The monoisotopic (exact) mass is 251 g/mol. The topological polar surface area (TPSA) is 74.8 Å². The first-order valence-corrected chi connectivity index (χ1v) is 5.28. The fraction of sp³-hybridized carbons (Fsp3) is 0.200. The number of tetrazole rings is 1. The van der Waals surface area contributed by atoms with E-state index in [9.17, 15) is 4.79 Å². The number of nitrogens with zero attached hydrogens (tertiary/aromatic N) is 4. The van der Waals surface area contributed by atoms with Crippen molar-refractivity contribution in [3.8, 4) is 0 Å². The molecule has 2 aromatic rings. The minimum atomic E-state index is -0.284. The molecule has 6 nitrogen and oxygen atoms in total. The summed E-state index contributed by atoms with van der Waals surface area (Å²) < 4.78 is 0. The second-order valence-corrected chi connectivity index (χ2v) is 3.96. The van der Waals surface area contributed by atoms with Gasteiger partial charge in [0.15, 0.2) is 0 Å². The van der Waals surface area contributed by atoms with Crippen LogP contribution < -0.4 is 0 Å². The Kier molecular flexibility index (Phi) is 3.34. The molecule has 0 saturated carbocycles. The molecule has 0 radical (unpaired) electrons. The van der Waals surface area contributed by atoms with Crippen LogP contribution in [0.25, 0.3) is 0 Å². The number of H-pyrrole nitrogens is 1. The van der Waals surface area contributed by atoms with Crippen molar-refractivity contribution in [1.29, 1.82) is 0 Å². The average molecular weight is 252 g/mol. The molecule has 1 aromatic heterocycles. The molecule has 0 saturated heterocycles. The van der Waals surface area contributed by atoms with Crippen LogP contribution in [0.1, 0.15) is 16.2 Å². The van der Waals surface area contributed by atoms with Crippen LogP contribution in [-0.2, 0) is 6.54 Å². The van der Waals surface area contributed by atoms with E-state index in [1.807, 2.05) is 12.1 Å². The zero-order chi connectivity index (χ0) is 12.3. The summed E-state index contributed by atoms with van der Waals surface area (Å²) in [6.07, 6.45) is 0. The summed E-state index contributed by atoms with van der Waals surface area (Å²) in [5.41, 5.74) is 0.980. The Labute approximate surface area is 103 Å². The zero-order valence-electron chi connectivity index (χ0n) is 9.09. The van der Waals surface area contributed by atoms with Crippen LogP contribution in [0.3, 0.4) is 0 Å². The van der Waals surface area contributed by atoms with E-state index >= 15 is 0 Å². The second-order valence-electron chi connectivity index (χ2n) is 3.52. The number of carbonyl (C=O) groups is 1. The molecule has 0 unspecified atom stereocenters. The lowest BCUT2D eigenvalue weighted by Crippen LogP contribution is -2.27. The highest BCUT2D eigenvalue weighted by Gasteiger charge is 2.16. The molecule has 2 rings (SSSR count). The van der Waals surface area contributed by atoms with Crippen LogP contribution in [-0.4, -0.2) is 38.5 Å². The first kappa shape index (κ1) is 11.5. The van der Waals surface area contributed by atoms with Gasteiger partial charge in [-0.25, -0.2) is 0 Å². The van der Waals surface area contributed by atoms with E-state index in [0.29, 0.717) is 11.6 Å². The molecule has 7 heteroatoms. The normalized spacial score (nSPS) is 10.2. The van der Waals surface area contributed by atoms with Crippen LogP contribution in [0, 0.1) is 0 Å². The Balaban J connectivity index is 2.04. The van der Waals surface area contributed by atoms with E-state index in [1.54, 1.807) is 19.2 Å². The van der Waals surface area contributed by atoms with E-state index in [1.165, 1.54) is 4.90 Å². The highest BCUT2D eigenvalue weighted by atomic mass is 35.5. The number of benzene rings is 1. The Morgan fingerprint density at radius 1 is 1.41 bits per heavy atom.